The molecular weight excluding hydrogens is 384 g/mol. The predicted molar refractivity (Wildman–Crippen MR) is 123 cm³/mol. The van der Waals surface area contributed by atoms with Gasteiger partial charge in [-0.3, -0.25) is 4.57 Å². The topological polar surface area (TPSA) is 83.8 Å². The molecule has 1 aliphatic heterocycles. The highest BCUT2D eigenvalue weighted by Gasteiger charge is 2.23. The highest BCUT2D eigenvalue weighted by molar-refractivity contribution is 5.90. The van der Waals surface area contributed by atoms with Crippen molar-refractivity contribution in [2.45, 2.75) is 25.8 Å². The molecule has 5 rings (SSSR count). The van der Waals surface area contributed by atoms with Crippen molar-refractivity contribution >= 4 is 16.9 Å². The Labute approximate surface area is 181 Å². The fourth-order valence-corrected chi connectivity index (χ4v) is 4.27. The average Bonchev–Trinajstić information content (AvgIpc) is 3.19. The summed E-state index contributed by atoms with van der Waals surface area (Å²) < 4.78 is 2.10. The Balaban J connectivity index is 1.74. The maximum absolute atomic E-state index is 9.18. The SMILES string of the molecule is Cc1ccc(-n2c(-c3ccc(C#N)cc3)nc3c(N4CCCC(N)C4)ccnc32)cc1. The number of rotatable bonds is 3. The Kier molecular flexibility index (Phi) is 4.89. The fourth-order valence-electron chi connectivity index (χ4n) is 4.27. The van der Waals surface area contributed by atoms with E-state index >= 15 is 0 Å². The van der Waals surface area contributed by atoms with Crippen LogP contribution in [0.4, 0.5) is 5.69 Å². The summed E-state index contributed by atoms with van der Waals surface area (Å²) in [5, 5.41) is 9.18. The second-order valence-corrected chi connectivity index (χ2v) is 8.15. The first-order valence-corrected chi connectivity index (χ1v) is 10.6. The zero-order valence-electron chi connectivity index (χ0n) is 17.5. The molecule has 1 aliphatic rings. The Bertz CT molecular complexity index is 1260. The van der Waals surface area contributed by atoms with E-state index in [1.54, 1.807) is 0 Å². The van der Waals surface area contributed by atoms with Crippen molar-refractivity contribution in [1.29, 1.82) is 5.26 Å². The molecule has 2 aromatic carbocycles. The molecule has 3 heterocycles. The average molecular weight is 409 g/mol. The minimum Gasteiger partial charge on any atom is -0.368 e. The largest absolute Gasteiger partial charge is 0.368 e. The highest BCUT2D eigenvalue weighted by atomic mass is 15.2. The third-order valence-corrected chi connectivity index (χ3v) is 5.89. The van der Waals surface area contributed by atoms with E-state index < -0.39 is 0 Å². The summed E-state index contributed by atoms with van der Waals surface area (Å²) in [5.41, 5.74) is 12.8. The number of hydrogen-bond acceptors (Lipinski definition) is 5. The molecule has 1 saturated heterocycles. The summed E-state index contributed by atoms with van der Waals surface area (Å²) in [6, 6.07) is 20.3. The Hall–Kier alpha value is -3.69. The van der Waals surface area contributed by atoms with Crippen molar-refractivity contribution in [2.24, 2.45) is 5.73 Å². The van der Waals surface area contributed by atoms with Gasteiger partial charge in [0.25, 0.3) is 0 Å². The molecule has 154 valence electrons. The van der Waals surface area contributed by atoms with Gasteiger partial charge in [0.2, 0.25) is 0 Å². The van der Waals surface area contributed by atoms with E-state index in [0.29, 0.717) is 5.56 Å². The van der Waals surface area contributed by atoms with E-state index in [2.05, 4.69) is 46.7 Å². The van der Waals surface area contributed by atoms with Crippen molar-refractivity contribution in [3.63, 3.8) is 0 Å². The number of anilines is 1. The molecule has 4 aromatic rings. The van der Waals surface area contributed by atoms with Gasteiger partial charge in [-0.15, -0.1) is 0 Å². The maximum atomic E-state index is 9.18. The molecular formula is C25H24N6. The molecule has 6 heteroatoms. The molecule has 1 fully saturated rings. The second kappa shape index (κ2) is 7.86. The number of benzene rings is 2. The van der Waals surface area contributed by atoms with Gasteiger partial charge in [0, 0.05) is 36.6 Å². The van der Waals surface area contributed by atoms with Crippen LogP contribution in [-0.4, -0.2) is 33.7 Å². The monoisotopic (exact) mass is 408 g/mol. The lowest BCUT2D eigenvalue weighted by atomic mass is 10.1. The lowest BCUT2D eigenvalue weighted by Crippen LogP contribution is -2.42. The zero-order chi connectivity index (χ0) is 21.4. The van der Waals surface area contributed by atoms with Crippen molar-refractivity contribution in [3.8, 4) is 23.1 Å². The Morgan fingerprint density at radius 3 is 2.55 bits per heavy atom. The van der Waals surface area contributed by atoms with E-state index in [0.717, 1.165) is 59.9 Å². The lowest BCUT2D eigenvalue weighted by Gasteiger charge is -2.32. The minimum atomic E-state index is 0.175. The van der Waals surface area contributed by atoms with Crippen LogP contribution < -0.4 is 10.6 Å². The van der Waals surface area contributed by atoms with Gasteiger partial charge in [-0.1, -0.05) is 17.7 Å². The quantitative estimate of drug-likeness (QED) is 0.549. The minimum absolute atomic E-state index is 0.175. The number of nitrogens with two attached hydrogens (primary N) is 1. The number of aryl methyl sites for hydroxylation is 1. The molecule has 0 amide bonds. The molecule has 1 atom stereocenters. The zero-order valence-corrected chi connectivity index (χ0v) is 17.5. The van der Waals surface area contributed by atoms with Gasteiger partial charge >= 0.3 is 0 Å². The predicted octanol–water partition coefficient (Wildman–Crippen LogP) is 4.20. The van der Waals surface area contributed by atoms with E-state index in [1.165, 1.54) is 5.56 Å². The summed E-state index contributed by atoms with van der Waals surface area (Å²) in [6.07, 6.45) is 3.98. The molecule has 0 bridgehead atoms. The van der Waals surface area contributed by atoms with Crippen LogP contribution >= 0.6 is 0 Å². The smallest absolute Gasteiger partial charge is 0.167 e. The summed E-state index contributed by atoms with van der Waals surface area (Å²) in [6.45, 7) is 3.87. The van der Waals surface area contributed by atoms with Crippen LogP contribution in [0.2, 0.25) is 0 Å². The molecule has 6 nitrogen and oxygen atoms in total. The van der Waals surface area contributed by atoms with Crippen LogP contribution in [0.15, 0.2) is 60.8 Å². The van der Waals surface area contributed by atoms with Gasteiger partial charge in [-0.2, -0.15) is 5.26 Å². The van der Waals surface area contributed by atoms with E-state index in [9.17, 15) is 5.26 Å². The van der Waals surface area contributed by atoms with Crippen molar-refractivity contribution < 1.29 is 0 Å². The van der Waals surface area contributed by atoms with Gasteiger partial charge in [0.1, 0.15) is 11.3 Å². The number of aromatic nitrogens is 3. The number of pyridine rings is 1. The molecule has 31 heavy (non-hydrogen) atoms. The van der Waals surface area contributed by atoms with Gasteiger partial charge < -0.3 is 10.6 Å². The Morgan fingerprint density at radius 1 is 1.06 bits per heavy atom. The number of nitrogens with zero attached hydrogens (tertiary/aromatic N) is 5. The first-order valence-electron chi connectivity index (χ1n) is 10.6. The van der Waals surface area contributed by atoms with Crippen LogP contribution in [0.5, 0.6) is 0 Å². The van der Waals surface area contributed by atoms with Crippen molar-refractivity contribution in [1.82, 2.24) is 14.5 Å². The van der Waals surface area contributed by atoms with Crippen LogP contribution in [-0.2, 0) is 0 Å². The Morgan fingerprint density at radius 2 is 1.84 bits per heavy atom. The molecule has 2 N–H and O–H groups in total. The molecule has 0 saturated carbocycles. The van der Waals surface area contributed by atoms with Crippen molar-refractivity contribution in [2.75, 3.05) is 18.0 Å². The van der Waals surface area contributed by atoms with Gasteiger partial charge in [-0.05, 0) is 62.2 Å². The summed E-state index contributed by atoms with van der Waals surface area (Å²) in [7, 11) is 0. The number of fused-ring (bicyclic) bond motifs is 1. The van der Waals surface area contributed by atoms with Crippen LogP contribution in [0, 0.1) is 18.3 Å². The summed E-state index contributed by atoms with van der Waals surface area (Å²) in [4.78, 5) is 12.1. The molecule has 1 unspecified atom stereocenters. The molecule has 0 aliphatic carbocycles. The van der Waals surface area contributed by atoms with Gasteiger partial charge in [0.05, 0.1) is 17.3 Å². The van der Waals surface area contributed by atoms with Crippen LogP contribution in [0.3, 0.4) is 0 Å². The second-order valence-electron chi connectivity index (χ2n) is 8.15. The van der Waals surface area contributed by atoms with Gasteiger partial charge in [0.15, 0.2) is 5.65 Å². The van der Waals surface area contributed by atoms with Crippen LogP contribution in [0.25, 0.3) is 28.2 Å². The van der Waals surface area contributed by atoms with E-state index in [4.69, 9.17) is 15.7 Å². The van der Waals surface area contributed by atoms with E-state index in [-0.39, 0.29) is 6.04 Å². The molecule has 2 aromatic heterocycles. The number of piperidine rings is 1. The lowest BCUT2D eigenvalue weighted by molar-refractivity contribution is 0.507. The highest BCUT2D eigenvalue weighted by Crippen LogP contribution is 2.33. The summed E-state index contributed by atoms with van der Waals surface area (Å²) >= 11 is 0. The first-order chi connectivity index (χ1) is 15.1. The van der Waals surface area contributed by atoms with E-state index in [1.807, 2.05) is 36.5 Å². The van der Waals surface area contributed by atoms with Gasteiger partial charge in [-0.25, -0.2) is 9.97 Å². The number of nitriles is 1. The third kappa shape index (κ3) is 3.54. The third-order valence-electron chi connectivity index (χ3n) is 5.89. The van der Waals surface area contributed by atoms with Crippen LogP contribution in [0.1, 0.15) is 24.0 Å². The summed E-state index contributed by atoms with van der Waals surface area (Å²) in [5.74, 6) is 0.810. The number of hydrogen-bond donors (Lipinski definition) is 1. The maximum Gasteiger partial charge on any atom is 0.167 e. The fraction of sp³-hybridized carbons (Fsp3) is 0.240. The standard InChI is InChI=1S/C25H24N6/c1-17-4-10-21(11-5-17)31-24(19-8-6-18(15-26)7-9-19)29-23-22(12-13-28-25(23)31)30-14-2-3-20(27)16-30/h4-13,20H,2-3,14,16,27H2,1H3. The molecule has 0 radical (unpaired) electrons. The molecule has 0 spiro atoms. The number of imidazole rings is 1. The normalized spacial score (nSPS) is 16.4. The first kappa shape index (κ1) is 19.3. The van der Waals surface area contributed by atoms with Crippen molar-refractivity contribution in [3.05, 3.63) is 71.9 Å².